The summed E-state index contributed by atoms with van der Waals surface area (Å²) in [7, 11) is 5.90. The third kappa shape index (κ3) is 40.3. The molecule has 0 aromatic carbocycles. The van der Waals surface area contributed by atoms with Gasteiger partial charge in [0, 0.05) is 12.8 Å². The first kappa shape index (κ1) is 53.3. The lowest BCUT2D eigenvalue weighted by Gasteiger charge is -2.26. The van der Waals surface area contributed by atoms with Crippen LogP contribution >= 0.6 is 0 Å². The Labute approximate surface area is 339 Å². The standard InChI is InChI=1S/C46H89NO8/c1-6-8-10-12-13-14-15-16-17-18-19-20-21-22-23-24-25-26-27-28-29-30-31-33-35-37-44(49)55-42(40-53-43(48)36-34-32-11-9-7-2)41-54-46(45(50)51)52-39-38-47(3,4)5/h42,46H,6-41H2,1-5H3. The lowest BCUT2D eigenvalue weighted by atomic mass is 10.0. The molecular weight excluding hydrogens is 695 g/mol. The van der Waals surface area contributed by atoms with Crippen molar-refractivity contribution < 1.29 is 42.9 Å². The number of likely N-dealkylation sites (N-methyl/N-ethyl adjacent to an activating group) is 1. The van der Waals surface area contributed by atoms with Crippen LogP contribution in [0.15, 0.2) is 0 Å². The largest absolute Gasteiger partial charge is 0.545 e. The number of hydrogen-bond donors (Lipinski definition) is 0. The van der Waals surface area contributed by atoms with Crippen molar-refractivity contribution in [2.75, 3.05) is 47.5 Å². The Morgan fingerprint density at radius 1 is 0.473 bits per heavy atom. The van der Waals surface area contributed by atoms with E-state index in [0.29, 0.717) is 17.4 Å². The van der Waals surface area contributed by atoms with Gasteiger partial charge in [0.05, 0.1) is 40.3 Å². The number of carboxylic acid groups (broad SMARTS) is 1. The van der Waals surface area contributed by atoms with Crippen molar-refractivity contribution in [3.05, 3.63) is 0 Å². The van der Waals surface area contributed by atoms with E-state index in [4.69, 9.17) is 18.9 Å². The molecule has 0 N–H and O–H groups in total. The number of carbonyl (C=O) groups excluding carboxylic acids is 3. The number of quaternary nitrogens is 1. The van der Waals surface area contributed by atoms with Crippen molar-refractivity contribution >= 4 is 17.9 Å². The van der Waals surface area contributed by atoms with Crippen molar-refractivity contribution in [2.24, 2.45) is 0 Å². The molecule has 0 aromatic rings. The van der Waals surface area contributed by atoms with Gasteiger partial charge in [-0.1, -0.05) is 194 Å². The molecule has 0 rings (SSSR count). The van der Waals surface area contributed by atoms with E-state index < -0.39 is 24.3 Å². The summed E-state index contributed by atoms with van der Waals surface area (Å²) >= 11 is 0. The number of carboxylic acids is 1. The third-order valence-electron chi connectivity index (χ3n) is 10.4. The Kier molecular flexibility index (Phi) is 37.9. The molecule has 0 amide bonds. The minimum atomic E-state index is -1.61. The molecular formula is C46H89NO8. The summed E-state index contributed by atoms with van der Waals surface area (Å²) in [5, 5.41) is 11.6. The Bertz CT molecular complexity index is 876. The minimum absolute atomic E-state index is 0.152. The van der Waals surface area contributed by atoms with Crippen LogP contribution in [0.5, 0.6) is 0 Å². The molecule has 0 saturated carbocycles. The number of esters is 2. The van der Waals surface area contributed by atoms with Crippen molar-refractivity contribution in [3.63, 3.8) is 0 Å². The molecule has 0 spiro atoms. The molecule has 0 aliphatic rings. The normalized spacial score (nSPS) is 12.8. The summed E-state index contributed by atoms with van der Waals surface area (Å²) in [5.41, 5.74) is 0. The quantitative estimate of drug-likeness (QED) is 0.0260. The zero-order valence-electron chi connectivity index (χ0n) is 36.8. The molecule has 9 nitrogen and oxygen atoms in total. The van der Waals surface area contributed by atoms with Crippen LogP contribution in [0, 0.1) is 0 Å². The van der Waals surface area contributed by atoms with Gasteiger partial charge in [-0.15, -0.1) is 0 Å². The Morgan fingerprint density at radius 2 is 0.818 bits per heavy atom. The van der Waals surface area contributed by atoms with Gasteiger partial charge >= 0.3 is 11.9 Å². The van der Waals surface area contributed by atoms with E-state index >= 15 is 0 Å². The first-order valence-corrected chi connectivity index (χ1v) is 23.2. The summed E-state index contributed by atoms with van der Waals surface area (Å²) in [5.74, 6) is -2.28. The fourth-order valence-corrected chi connectivity index (χ4v) is 6.71. The van der Waals surface area contributed by atoms with Gasteiger partial charge in [-0.25, -0.2) is 0 Å². The number of rotatable bonds is 43. The van der Waals surface area contributed by atoms with E-state index in [0.717, 1.165) is 51.4 Å². The molecule has 0 fully saturated rings. The van der Waals surface area contributed by atoms with Crippen molar-refractivity contribution in [3.8, 4) is 0 Å². The van der Waals surface area contributed by atoms with Crippen LogP contribution in [0.2, 0.25) is 0 Å². The summed E-state index contributed by atoms with van der Waals surface area (Å²) in [6.45, 7) is 4.67. The molecule has 0 radical (unpaired) electrons. The van der Waals surface area contributed by atoms with Crippen LogP contribution in [0.3, 0.4) is 0 Å². The molecule has 2 atom stereocenters. The predicted molar refractivity (Wildman–Crippen MR) is 224 cm³/mol. The molecule has 2 unspecified atom stereocenters. The Balaban J connectivity index is 4.04. The SMILES string of the molecule is CCCCCCCCCCCCCCCCCCCCCCCCCCCC(=O)OC(COC(=O)CCCCCCC)COC(OCC[N+](C)(C)C)C(=O)[O-]. The summed E-state index contributed by atoms with van der Waals surface area (Å²) in [6, 6.07) is 0. The van der Waals surface area contributed by atoms with Gasteiger partial charge < -0.3 is 33.3 Å². The van der Waals surface area contributed by atoms with Crippen molar-refractivity contribution in [1.82, 2.24) is 0 Å². The zero-order chi connectivity index (χ0) is 40.7. The second-order valence-electron chi connectivity index (χ2n) is 17.1. The van der Waals surface area contributed by atoms with E-state index in [9.17, 15) is 19.5 Å². The molecule has 55 heavy (non-hydrogen) atoms. The molecule has 0 heterocycles. The van der Waals surface area contributed by atoms with Gasteiger partial charge in [0.1, 0.15) is 13.2 Å². The third-order valence-corrected chi connectivity index (χ3v) is 10.4. The number of aliphatic carboxylic acids is 1. The Morgan fingerprint density at radius 3 is 1.16 bits per heavy atom. The van der Waals surface area contributed by atoms with E-state index in [2.05, 4.69) is 13.8 Å². The molecule has 0 saturated heterocycles. The molecule has 0 aliphatic heterocycles. The maximum absolute atomic E-state index is 12.7. The highest BCUT2D eigenvalue weighted by molar-refractivity contribution is 5.70. The summed E-state index contributed by atoms with van der Waals surface area (Å²) in [4.78, 5) is 36.6. The first-order chi connectivity index (χ1) is 26.6. The van der Waals surface area contributed by atoms with Crippen LogP contribution in [0.25, 0.3) is 0 Å². The minimum Gasteiger partial charge on any atom is -0.545 e. The van der Waals surface area contributed by atoms with Crippen molar-refractivity contribution in [1.29, 1.82) is 0 Å². The monoisotopic (exact) mass is 784 g/mol. The molecule has 0 aromatic heterocycles. The zero-order valence-corrected chi connectivity index (χ0v) is 36.8. The average molecular weight is 784 g/mol. The maximum Gasteiger partial charge on any atom is 0.306 e. The lowest BCUT2D eigenvalue weighted by Crippen LogP contribution is -2.44. The highest BCUT2D eigenvalue weighted by Crippen LogP contribution is 2.16. The second-order valence-corrected chi connectivity index (χ2v) is 17.1. The summed E-state index contributed by atoms with van der Waals surface area (Å²) in [6.07, 6.45) is 36.3. The van der Waals surface area contributed by atoms with Gasteiger partial charge in [0.2, 0.25) is 0 Å². The fourth-order valence-electron chi connectivity index (χ4n) is 6.71. The van der Waals surface area contributed by atoms with Crippen molar-refractivity contribution in [2.45, 2.75) is 232 Å². The number of carbonyl (C=O) groups is 3. The number of unbranched alkanes of at least 4 members (excludes halogenated alkanes) is 28. The van der Waals surface area contributed by atoms with E-state index in [1.165, 1.54) is 141 Å². The highest BCUT2D eigenvalue weighted by atomic mass is 16.7. The number of ether oxygens (including phenoxy) is 4. The van der Waals surface area contributed by atoms with Crippen LogP contribution in [0.1, 0.15) is 219 Å². The average Bonchev–Trinajstić information content (AvgIpc) is 3.14. The topological polar surface area (TPSA) is 111 Å². The van der Waals surface area contributed by atoms with Gasteiger partial charge in [0.15, 0.2) is 12.4 Å². The second kappa shape index (κ2) is 39.1. The Hall–Kier alpha value is -1.71. The smallest absolute Gasteiger partial charge is 0.306 e. The molecule has 0 bridgehead atoms. The lowest BCUT2D eigenvalue weighted by molar-refractivity contribution is -0.870. The van der Waals surface area contributed by atoms with Gasteiger partial charge in [0.25, 0.3) is 0 Å². The van der Waals surface area contributed by atoms with E-state index in [1.54, 1.807) is 0 Å². The number of nitrogens with zero attached hydrogens (tertiary/aromatic N) is 1. The van der Waals surface area contributed by atoms with Crippen LogP contribution < -0.4 is 5.11 Å². The van der Waals surface area contributed by atoms with Crippen LogP contribution in [-0.4, -0.2) is 82.3 Å². The molecule has 326 valence electrons. The molecule has 0 aliphatic carbocycles. The van der Waals surface area contributed by atoms with Crippen LogP contribution in [-0.2, 0) is 33.3 Å². The first-order valence-electron chi connectivity index (χ1n) is 23.2. The van der Waals surface area contributed by atoms with Gasteiger partial charge in [-0.3, -0.25) is 9.59 Å². The fraction of sp³-hybridized carbons (Fsp3) is 0.935. The maximum atomic E-state index is 12.7. The summed E-state index contributed by atoms with van der Waals surface area (Å²) < 4.78 is 22.4. The van der Waals surface area contributed by atoms with Crippen LogP contribution in [0.4, 0.5) is 0 Å². The highest BCUT2D eigenvalue weighted by Gasteiger charge is 2.21. The number of hydrogen-bond acceptors (Lipinski definition) is 8. The molecule has 9 heteroatoms. The van der Waals surface area contributed by atoms with Gasteiger partial charge in [-0.2, -0.15) is 0 Å². The van der Waals surface area contributed by atoms with E-state index in [1.807, 2.05) is 21.1 Å². The predicted octanol–water partition coefficient (Wildman–Crippen LogP) is 10.8. The van der Waals surface area contributed by atoms with Gasteiger partial charge in [-0.05, 0) is 12.8 Å². The van der Waals surface area contributed by atoms with E-state index in [-0.39, 0.29) is 32.2 Å².